The fraction of sp³-hybridized carbons (Fsp3) is 0.278. The Morgan fingerprint density at radius 2 is 1.79 bits per heavy atom. The van der Waals surface area contributed by atoms with E-state index in [0.717, 1.165) is 6.07 Å². The van der Waals surface area contributed by atoms with E-state index >= 15 is 0 Å². The van der Waals surface area contributed by atoms with Crippen molar-refractivity contribution in [1.29, 1.82) is 0 Å². The number of epoxide rings is 1. The number of hydrogen-bond donors (Lipinski definition) is 3. The molecule has 0 aliphatic carbocycles. The lowest BCUT2D eigenvalue weighted by Crippen LogP contribution is -2.08. The van der Waals surface area contributed by atoms with E-state index in [1.54, 1.807) is 0 Å². The van der Waals surface area contributed by atoms with Gasteiger partial charge in [-0.1, -0.05) is 6.07 Å². The van der Waals surface area contributed by atoms with Crippen LogP contribution in [0.2, 0.25) is 0 Å². The second kappa shape index (κ2) is 4.64. The summed E-state index contributed by atoms with van der Waals surface area (Å²) in [4.78, 5) is 12.7. The maximum absolute atomic E-state index is 12.7. The van der Waals surface area contributed by atoms with Crippen LogP contribution in [0.5, 0.6) is 17.2 Å². The van der Waals surface area contributed by atoms with E-state index in [2.05, 4.69) is 0 Å². The Balaban J connectivity index is 2.07. The third kappa shape index (κ3) is 2.03. The van der Waals surface area contributed by atoms with Crippen LogP contribution in [0.25, 0.3) is 21.9 Å². The molecular weight excluding hydrogens is 312 g/mol. The summed E-state index contributed by atoms with van der Waals surface area (Å²) in [5.74, 6) is -0.714. The highest BCUT2D eigenvalue weighted by molar-refractivity contribution is 5.97. The standard InChI is InChI=1S/C18H16O6/c1-18(2)13(24-18)6-9-11(20)7-12(21)14-15(22)8-4-3-5-10(19)16(8)23-17(9)14/h3-5,7,13,19-21H,6H2,1-2H3. The van der Waals surface area contributed by atoms with Crippen LogP contribution in [0.1, 0.15) is 19.4 Å². The fourth-order valence-electron chi connectivity index (χ4n) is 3.05. The highest BCUT2D eigenvalue weighted by Gasteiger charge is 2.48. The summed E-state index contributed by atoms with van der Waals surface area (Å²) < 4.78 is 11.3. The molecule has 1 saturated heterocycles. The summed E-state index contributed by atoms with van der Waals surface area (Å²) in [6.45, 7) is 3.85. The lowest BCUT2D eigenvalue weighted by molar-refractivity contribution is 0.322. The van der Waals surface area contributed by atoms with E-state index in [9.17, 15) is 20.1 Å². The Morgan fingerprint density at radius 3 is 2.46 bits per heavy atom. The highest BCUT2D eigenvalue weighted by Crippen LogP contribution is 2.42. The molecule has 6 nitrogen and oxygen atoms in total. The van der Waals surface area contributed by atoms with Gasteiger partial charge in [-0.25, -0.2) is 0 Å². The average molecular weight is 328 g/mol. The molecule has 2 aromatic carbocycles. The molecule has 1 aliphatic heterocycles. The molecule has 124 valence electrons. The van der Waals surface area contributed by atoms with Crippen LogP contribution in [-0.4, -0.2) is 27.0 Å². The van der Waals surface area contributed by atoms with Crippen LogP contribution >= 0.6 is 0 Å². The molecule has 0 spiro atoms. The van der Waals surface area contributed by atoms with Crippen LogP contribution in [0.3, 0.4) is 0 Å². The predicted molar refractivity (Wildman–Crippen MR) is 87.6 cm³/mol. The summed E-state index contributed by atoms with van der Waals surface area (Å²) in [6.07, 6.45) is 0.207. The van der Waals surface area contributed by atoms with Gasteiger partial charge in [0.1, 0.15) is 22.5 Å². The maximum Gasteiger partial charge on any atom is 0.204 e. The summed E-state index contributed by atoms with van der Waals surface area (Å²) >= 11 is 0. The largest absolute Gasteiger partial charge is 0.507 e. The Labute approximate surface area is 136 Å². The van der Waals surface area contributed by atoms with E-state index in [1.807, 2.05) is 13.8 Å². The van der Waals surface area contributed by atoms with Crippen molar-refractivity contribution < 1.29 is 24.5 Å². The first kappa shape index (κ1) is 14.8. The normalized spacial score (nSPS) is 19.0. The second-order valence-corrected chi connectivity index (χ2v) is 6.60. The van der Waals surface area contributed by atoms with Crippen molar-refractivity contribution in [1.82, 2.24) is 0 Å². The van der Waals surface area contributed by atoms with Gasteiger partial charge in [-0.2, -0.15) is 0 Å². The Kier molecular flexibility index (Phi) is 2.87. The highest BCUT2D eigenvalue weighted by atomic mass is 16.6. The SMILES string of the molecule is CC1(C)OC1Cc1c(O)cc(O)c2c(=O)c3cccc(O)c3oc12. The van der Waals surface area contributed by atoms with Crippen molar-refractivity contribution >= 4 is 21.9 Å². The number of benzene rings is 2. The van der Waals surface area contributed by atoms with Gasteiger partial charge in [0.05, 0.1) is 17.1 Å². The molecule has 6 heteroatoms. The van der Waals surface area contributed by atoms with Crippen molar-refractivity contribution in [2.24, 2.45) is 0 Å². The zero-order valence-corrected chi connectivity index (χ0v) is 13.2. The third-order valence-corrected chi connectivity index (χ3v) is 4.56. The molecule has 0 amide bonds. The first-order valence-electron chi connectivity index (χ1n) is 7.59. The van der Waals surface area contributed by atoms with Gasteiger partial charge in [0.15, 0.2) is 11.3 Å². The topological polar surface area (TPSA) is 103 Å². The van der Waals surface area contributed by atoms with E-state index in [0.29, 0.717) is 12.0 Å². The molecule has 2 heterocycles. The molecule has 1 unspecified atom stereocenters. The number of phenols is 3. The number of phenolic OH excluding ortho intramolecular Hbond substituents is 3. The van der Waals surface area contributed by atoms with Crippen LogP contribution in [0.4, 0.5) is 0 Å². The smallest absolute Gasteiger partial charge is 0.204 e. The maximum atomic E-state index is 12.7. The lowest BCUT2D eigenvalue weighted by atomic mass is 9.98. The average Bonchev–Trinajstić information content (AvgIpc) is 3.11. The molecular formula is C18H16O6. The van der Waals surface area contributed by atoms with Crippen molar-refractivity contribution in [3.8, 4) is 17.2 Å². The molecule has 0 saturated carbocycles. The minimum atomic E-state index is -0.461. The molecule has 4 rings (SSSR count). The van der Waals surface area contributed by atoms with Gasteiger partial charge in [-0.15, -0.1) is 0 Å². The first-order chi connectivity index (χ1) is 11.3. The second-order valence-electron chi connectivity index (χ2n) is 6.60. The number of rotatable bonds is 2. The number of para-hydroxylation sites is 1. The summed E-state index contributed by atoms with van der Waals surface area (Å²) in [5, 5.41) is 30.5. The van der Waals surface area contributed by atoms with Crippen LogP contribution in [0.15, 0.2) is 33.5 Å². The zero-order chi connectivity index (χ0) is 17.2. The van der Waals surface area contributed by atoms with Crippen molar-refractivity contribution in [2.45, 2.75) is 32.0 Å². The van der Waals surface area contributed by atoms with E-state index in [1.165, 1.54) is 18.2 Å². The van der Waals surface area contributed by atoms with Gasteiger partial charge in [-0.3, -0.25) is 4.79 Å². The van der Waals surface area contributed by atoms with Gasteiger partial charge in [0.2, 0.25) is 5.43 Å². The molecule has 1 aromatic heterocycles. The van der Waals surface area contributed by atoms with Crippen molar-refractivity contribution in [2.75, 3.05) is 0 Å². The van der Waals surface area contributed by atoms with Crippen LogP contribution < -0.4 is 5.43 Å². The van der Waals surface area contributed by atoms with E-state index in [4.69, 9.17) is 9.15 Å². The monoisotopic (exact) mass is 328 g/mol. The molecule has 1 fully saturated rings. The zero-order valence-electron chi connectivity index (χ0n) is 13.2. The Morgan fingerprint density at radius 1 is 1.08 bits per heavy atom. The Bertz CT molecular complexity index is 1050. The van der Waals surface area contributed by atoms with Crippen LogP contribution in [-0.2, 0) is 11.2 Å². The number of fused-ring (bicyclic) bond motifs is 2. The van der Waals surface area contributed by atoms with Gasteiger partial charge in [0.25, 0.3) is 0 Å². The van der Waals surface area contributed by atoms with E-state index in [-0.39, 0.29) is 50.9 Å². The Hall–Kier alpha value is -2.73. The minimum absolute atomic E-state index is 0.0145. The van der Waals surface area contributed by atoms with E-state index < -0.39 is 5.43 Å². The molecule has 0 radical (unpaired) electrons. The summed E-state index contributed by atoms with van der Waals surface area (Å²) in [5.41, 5.74) is -0.303. The molecule has 0 bridgehead atoms. The van der Waals surface area contributed by atoms with Gasteiger partial charge < -0.3 is 24.5 Å². The number of hydrogen-bond acceptors (Lipinski definition) is 6. The van der Waals surface area contributed by atoms with Gasteiger partial charge >= 0.3 is 0 Å². The third-order valence-electron chi connectivity index (χ3n) is 4.56. The lowest BCUT2D eigenvalue weighted by Gasteiger charge is -2.10. The van der Waals surface area contributed by atoms with Gasteiger partial charge in [0, 0.05) is 18.1 Å². The van der Waals surface area contributed by atoms with Crippen molar-refractivity contribution in [3.63, 3.8) is 0 Å². The van der Waals surface area contributed by atoms with Crippen LogP contribution in [0, 0.1) is 0 Å². The fourth-order valence-corrected chi connectivity index (χ4v) is 3.05. The predicted octanol–water partition coefficient (Wildman–Crippen LogP) is 2.78. The van der Waals surface area contributed by atoms with Gasteiger partial charge in [-0.05, 0) is 26.0 Å². The molecule has 3 N–H and O–H groups in total. The minimum Gasteiger partial charge on any atom is -0.507 e. The molecule has 1 aliphatic rings. The number of aromatic hydroxyl groups is 3. The summed E-state index contributed by atoms with van der Waals surface area (Å²) in [7, 11) is 0. The molecule has 1 atom stereocenters. The number of ether oxygens (including phenoxy) is 1. The molecule has 24 heavy (non-hydrogen) atoms. The summed E-state index contributed by atoms with van der Waals surface area (Å²) in [6, 6.07) is 5.59. The quantitative estimate of drug-likeness (QED) is 0.494. The first-order valence-corrected chi connectivity index (χ1v) is 7.59. The molecule has 3 aromatic rings. The van der Waals surface area contributed by atoms with Crippen molar-refractivity contribution in [3.05, 3.63) is 40.1 Å².